The third-order valence-electron chi connectivity index (χ3n) is 1.74. The van der Waals surface area contributed by atoms with Gasteiger partial charge in [-0.3, -0.25) is 4.57 Å². The summed E-state index contributed by atoms with van der Waals surface area (Å²) in [4.78, 5) is 17.3. The predicted molar refractivity (Wildman–Crippen MR) is 52.3 cm³/mol. The number of hydrogen-bond donors (Lipinski definition) is 4. The molecule has 6 heteroatoms. The predicted octanol–water partition coefficient (Wildman–Crippen LogP) is -0.135. The lowest BCUT2D eigenvalue weighted by molar-refractivity contribution is 0.358. The Bertz CT molecular complexity index is 192. The molecule has 6 N–H and O–H groups in total. The molecule has 0 rings (SSSR count). The van der Waals surface area contributed by atoms with Crippen LogP contribution in [0.4, 0.5) is 0 Å². The third kappa shape index (κ3) is 7.16. The van der Waals surface area contributed by atoms with Crippen molar-refractivity contribution in [3.63, 3.8) is 0 Å². The van der Waals surface area contributed by atoms with E-state index in [0.717, 1.165) is 0 Å². The van der Waals surface area contributed by atoms with Crippen LogP contribution in [-0.2, 0) is 4.57 Å². The monoisotopic (exact) mass is 210 g/mol. The Morgan fingerprint density at radius 1 is 1.23 bits per heavy atom. The molecule has 0 aromatic rings. The van der Waals surface area contributed by atoms with E-state index in [9.17, 15) is 4.57 Å². The fourth-order valence-electron chi connectivity index (χ4n) is 1.13. The summed E-state index contributed by atoms with van der Waals surface area (Å²) in [6.45, 7) is 3.98. The van der Waals surface area contributed by atoms with Crippen LogP contribution in [0, 0.1) is 5.92 Å². The zero-order chi connectivity index (χ0) is 10.6. The first-order valence-corrected chi connectivity index (χ1v) is 6.08. The molecule has 0 saturated heterocycles. The first-order valence-electron chi connectivity index (χ1n) is 4.28. The van der Waals surface area contributed by atoms with Gasteiger partial charge in [0.2, 0.25) is 0 Å². The number of rotatable bonds is 5. The molecule has 0 spiro atoms. The van der Waals surface area contributed by atoms with E-state index in [2.05, 4.69) is 0 Å². The fraction of sp³-hybridized carbons (Fsp3) is 1.00. The largest absolute Gasteiger partial charge is 0.327 e. The van der Waals surface area contributed by atoms with Crippen LogP contribution in [-0.4, -0.2) is 28.0 Å². The molecular formula is C7H19N2O3P. The van der Waals surface area contributed by atoms with Gasteiger partial charge in [0.1, 0.15) is 0 Å². The Hall–Kier alpha value is 0.0700. The second kappa shape index (κ2) is 5.08. The van der Waals surface area contributed by atoms with Crippen molar-refractivity contribution in [1.29, 1.82) is 0 Å². The van der Waals surface area contributed by atoms with E-state index in [1.54, 1.807) is 0 Å². The summed E-state index contributed by atoms with van der Waals surface area (Å²) in [5, 5.41) is 0. The Labute approximate surface area is 78.7 Å². The molecular weight excluding hydrogens is 191 g/mol. The van der Waals surface area contributed by atoms with E-state index in [0.29, 0.717) is 12.3 Å². The van der Waals surface area contributed by atoms with E-state index >= 15 is 0 Å². The lowest BCUT2D eigenvalue weighted by atomic mass is 10.00. The van der Waals surface area contributed by atoms with Gasteiger partial charge >= 0.3 is 7.60 Å². The smallest absolute Gasteiger partial charge is 0.326 e. The molecule has 0 fully saturated rings. The Kier molecular flexibility index (Phi) is 5.10. The molecule has 80 valence electrons. The standard InChI is InChI=1S/C7H19N2O3P/c1-5(2)3-6(8)7(9)4-13(10,11)12/h5-7H,3-4,8-9H2,1-2H3,(H2,10,11,12)/t6-,7+/m0/s1. The first kappa shape index (κ1) is 13.1. The Morgan fingerprint density at radius 2 is 1.69 bits per heavy atom. The van der Waals surface area contributed by atoms with Gasteiger partial charge in [0.05, 0.1) is 6.16 Å². The number of nitrogens with two attached hydrogens (primary N) is 2. The van der Waals surface area contributed by atoms with Crippen molar-refractivity contribution >= 4 is 7.60 Å². The van der Waals surface area contributed by atoms with Crippen molar-refractivity contribution in [2.24, 2.45) is 17.4 Å². The van der Waals surface area contributed by atoms with Gasteiger partial charge in [-0.25, -0.2) is 0 Å². The number of hydrogen-bond acceptors (Lipinski definition) is 3. The van der Waals surface area contributed by atoms with Crippen molar-refractivity contribution < 1.29 is 14.4 Å². The summed E-state index contributed by atoms with van der Waals surface area (Å²) < 4.78 is 10.6. The van der Waals surface area contributed by atoms with Crippen molar-refractivity contribution in [3.05, 3.63) is 0 Å². The highest BCUT2D eigenvalue weighted by Crippen LogP contribution is 2.35. The molecule has 0 aromatic carbocycles. The van der Waals surface area contributed by atoms with E-state index in [1.807, 2.05) is 13.8 Å². The summed E-state index contributed by atoms with van der Waals surface area (Å²) in [6.07, 6.45) is 0.349. The topological polar surface area (TPSA) is 110 Å². The van der Waals surface area contributed by atoms with Gasteiger partial charge in [0.25, 0.3) is 0 Å². The van der Waals surface area contributed by atoms with E-state index < -0.39 is 13.6 Å². The summed E-state index contributed by atoms with van der Waals surface area (Å²) >= 11 is 0. The molecule has 2 atom stereocenters. The van der Waals surface area contributed by atoms with Gasteiger partial charge in [-0.05, 0) is 12.3 Å². The molecule has 0 radical (unpaired) electrons. The molecule has 5 nitrogen and oxygen atoms in total. The van der Waals surface area contributed by atoms with Crippen molar-refractivity contribution in [1.82, 2.24) is 0 Å². The lowest BCUT2D eigenvalue weighted by Crippen LogP contribution is -2.44. The van der Waals surface area contributed by atoms with Crippen LogP contribution in [0.25, 0.3) is 0 Å². The molecule has 0 aromatic heterocycles. The molecule has 0 heterocycles. The van der Waals surface area contributed by atoms with E-state index in [4.69, 9.17) is 21.3 Å². The fourth-order valence-corrected chi connectivity index (χ4v) is 1.95. The molecule has 0 amide bonds. The molecule has 0 unspecified atom stereocenters. The van der Waals surface area contributed by atoms with Gasteiger partial charge in [-0.15, -0.1) is 0 Å². The minimum atomic E-state index is -4.02. The Morgan fingerprint density at radius 3 is 2.00 bits per heavy atom. The Balaban J connectivity index is 3.96. The normalized spacial score (nSPS) is 17.5. The van der Waals surface area contributed by atoms with Crippen molar-refractivity contribution in [2.75, 3.05) is 6.16 Å². The second-order valence-electron chi connectivity index (χ2n) is 3.80. The highest BCUT2D eigenvalue weighted by Gasteiger charge is 2.23. The van der Waals surface area contributed by atoms with Crippen molar-refractivity contribution in [2.45, 2.75) is 32.4 Å². The maximum absolute atomic E-state index is 10.6. The average Bonchev–Trinajstić information content (AvgIpc) is 1.81. The minimum Gasteiger partial charge on any atom is -0.326 e. The SMILES string of the molecule is CC(C)C[C@H](N)[C@H](N)CP(=O)(O)O. The van der Waals surface area contributed by atoms with Gasteiger partial charge in [-0.1, -0.05) is 13.8 Å². The van der Waals surface area contributed by atoms with Crippen LogP contribution in [0.2, 0.25) is 0 Å². The summed E-state index contributed by atoms with van der Waals surface area (Å²) in [5.41, 5.74) is 11.2. The maximum atomic E-state index is 10.6. The van der Waals surface area contributed by atoms with Crippen molar-refractivity contribution in [3.8, 4) is 0 Å². The highest BCUT2D eigenvalue weighted by molar-refractivity contribution is 7.51. The minimum absolute atomic E-state index is 0.332. The first-order chi connectivity index (χ1) is 5.72. The van der Waals surface area contributed by atoms with Gasteiger partial charge in [0, 0.05) is 12.1 Å². The van der Waals surface area contributed by atoms with E-state index in [1.165, 1.54) is 0 Å². The molecule has 0 bridgehead atoms. The maximum Gasteiger partial charge on any atom is 0.327 e. The molecule has 0 aliphatic rings. The van der Waals surface area contributed by atoms with Crippen LogP contribution in [0.1, 0.15) is 20.3 Å². The zero-order valence-corrected chi connectivity index (χ0v) is 8.95. The van der Waals surface area contributed by atoms with E-state index in [-0.39, 0.29) is 12.2 Å². The quantitative estimate of drug-likeness (QED) is 0.472. The highest BCUT2D eigenvalue weighted by atomic mass is 31.2. The molecule has 0 saturated carbocycles. The molecule has 13 heavy (non-hydrogen) atoms. The van der Waals surface area contributed by atoms with Crippen LogP contribution >= 0.6 is 7.60 Å². The van der Waals surface area contributed by atoms with Crippen LogP contribution < -0.4 is 11.5 Å². The third-order valence-corrected chi connectivity index (χ3v) is 2.64. The average molecular weight is 210 g/mol. The van der Waals surface area contributed by atoms with Gasteiger partial charge < -0.3 is 21.3 Å². The summed E-state index contributed by atoms with van der Waals surface area (Å²) in [5.74, 6) is 0.387. The zero-order valence-electron chi connectivity index (χ0n) is 8.05. The summed E-state index contributed by atoms with van der Waals surface area (Å²) in [7, 11) is -4.02. The molecule has 0 aliphatic carbocycles. The second-order valence-corrected chi connectivity index (χ2v) is 5.50. The molecule has 0 aliphatic heterocycles. The lowest BCUT2D eigenvalue weighted by Gasteiger charge is -2.21. The van der Waals surface area contributed by atoms with Crippen LogP contribution in [0.5, 0.6) is 0 Å². The summed E-state index contributed by atoms with van der Waals surface area (Å²) in [6, 6.07) is -0.962. The van der Waals surface area contributed by atoms with Crippen LogP contribution in [0.15, 0.2) is 0 Å². The van der Waals surface area contributed by atoms with Crippen LogP contribution in [0.3, 0.4) is 0 Å². The van der Waals surface area contributed by atoms with Gasteiger partial charge in [0.15, 0.2) is 0 Å². The van der Waals surface area contributed by atoms with Gasteiger partial charge in [-0.2, -0.15) is 0 Å².